The average Bonchev–Trinajstić information content (AvgIpc) is 3.15. The van der Waals surface area contributed by atoms with Gasteiger partial charge in [-0.15, -0.1) is 0 Å². The van der Waals surface area contributed by atoms with Gasteiger partial charge in [0.2, 0.25) is 15.9 Å². The zero-order chi connectivity index (χ0) is 19.7. The number of hydrogen-bond donors (Lipinski definition) is 1. The minimum atomic E-state index is -3.77. The van der Waals surface area contributed by atoms with Crippen molar-refractivity contribution >= 4 is 15.9 Å². The molecule has 3 aromatic rings. The summed E-state index contributed by atoms with van der Waals surface area (Å²) < 4.78 is 28.5. The highest BCUT2D eigenvalue weighted by Crippen LogP contribution is 2.24. The molecule has 1 amide bonds. The topological polar surface area (TPSA) is 106 Å². The van der Waals surface area contributed by atoms with E-state index in [2.05, 4.69) is 5.16 Å². The molecule has 0 bridgehead atoms. The summed E-state index contributed by atoms with van der Waals surface area (Å²) in [6.45, 7) is 0.921. The van der Waals surface area contributed by atoms with Crippen molar-refractivity contribution in [3.63, 3.8) is 0 Å². The predicted molar refractivity (Wildman–Crippen MR) is 103 cm³/mol. The third kappa shape index (κ3) is 3.83. The van der Waals surface area contributed by atoms with Gasteiger partial charge in [-0.3, -0.25) is 4.79 Å². The van der Waals surface area contributed by atoms with Gasteiger partial charge in [-0.2, -0.15) is 0 Å². The lowest BCUT2D eigenvalue weighted by Gasteiger charge is -2.29. The Morgan fingerprint density at radius 1 is 1.11 bits per heavy atom. The fourth-order valence-corrected chi connectivity index (χ4v) is 3.89. The van der Waals surface area contributed by atoms with Crippen molar-refractivity contribution in [1.29, 1.82) is 0 Å². The minimum absolute atomic E-state index is 0.0598. The highest BCUT2D eigenvalue weighted by Gasteiger charge is 2.23. The molecule has 0 saturated carbocycles. The van der Waals surface area contributed by atoms with Crippen molar-refractivity contribution < 1.29 is 17.7 Å². The quantitative estimate of drug-likeness (QED) is 0.726. The second-order valence-electron chi connectivity index (χ2n) is 6.77. The molecule has 2 heterocycles. The minimum Gasteiger partial charge on any atom is -0.356 e. The molecule has 0 unspecified atom stereocenters. The molecule has 1 aromatic heterocycles. The Kier molecular flexibility index (Phi) is 4.74. The van der Waals surface area contributed by atoms with Crippen molar-refractivity contribution in [2.45, 2.75) is 24.3 Å². The number of carbonyl (C=O) groups is 1. The first-order valence-electron chi connectivity index (χ1n) is 8.83. The first-order chi connectivity index (χ1) is 13.4. The Hall–Kier alpha value is -2.97. The molecule has 4 rings (SSSR count). The maximum absolute atomic E-state index is 12.7. The number of hydrogen-bond acceptors (Lipinski definition) is 5. The number of nitrogens with zero attached hydrogens (tertiary/aromatic N) is 2. The van der Waals surface area contributed by atoms with E-state index >= 15 is 0 Å². The van der Waals surface area contributed by atoms with E-state index in [1.165, 1.54) is 6.07 Å². The van der Waals surface area contributed by atoms with Gasteiger partial charge >= 0.3 is 0 Å². The summed E-state index contributed by atoms with van der Waals surface area (Å²) in [5.41, 5.74) is 3.30. The van der Waals surface area contributed by atoms with Crippen LogP contribution < -0.4 is 5.14 Å². The zero-order valence-electron chi connectivity index (χ0n) is 15.0. The van der Waals surface area contributed by atoms with Gasteiger partial charge < -0.3 is 9.42 Å². The van der Waals surface area contributed by atoms with Crippen LogP contribution in [0.25, 0.3) is 11.3 Å². The van der Waals surface area contributed by atoms with Crippen molar-refractivity contribution in [2.24, 2.45) is 5.14 Å². The first-order valence-corrected chi connectivity index (χ1v) is 10.4. The predicted octanol–water partition coefficient (Wildman–Crippen LogP) is 2.12. The van der Waals surface area contributed by atoms with Crippen molar-refractivity contribution in [2.75, 3.05) is 6.54 Å². The van der Waals surface area contributed by atoms with E-state index in [0.717, 1.165) is 16.7 Å². The highest BCUT2D eigenvalue weighted by atomic mass is 32.2. The van der Waals surface area contributed by atoms with E-state index < -0.39 is 10.0 Å². The van der Waals surface area contributed by atoms with Crippen LogP contribution in [0.3, 0.4) is 0 Å². The number of primary sulfonamides is 1. The molecule has 0 radical (unpaired) electrons. The normalized spacial score (nSPS) is 14.0. The molecule has 2 aromatic carbocycles. The molecule has 1 aliphatic heterocycles. The second-order valence-corrected chi connectivity index (χ2v) is 8.33. The summed E-state index contributed by atoms with van der Waals surface area (Å²) in [5, 5.41) is 9.21. The number of fused-ring (bicyclic) bond motifs is 1. The van der Waals surface area contributed by atoms with Crippen LogP contribution in [0, 0.1) is 0 Å². The molecule has 0 fully saturated rings. The van der Waals surface area contributed by atoms with Gasteiger partial charge in [-0.25, -0.2) is 13.6 Å². The third-order valence-electron chi connectivity index (χ3n) is 4.82. The smallest absolute Gasteiger partial charge is 0.238 e. The van der Waals surface area contributed by atoms with E-state index in [1.54, 1.807) is 23.1 Å². The van der Waals surface area contributed by atoms with Crippen LogP contribution in [-0.2, 0) is 34.2 Å². The van der Waals surface area contributed by atoms with E-state index in [9.17, 15) is 13.2 Å². The maximum Gasteiger partial charge on any atom is 0.238 e. The number of rotatable bonds is 4. The van der Waals surface area contributed by atoms with Crippen LogP contribution in [0.15, 0.2) is 64.0 Å². The molecule has 0 aliphatic carbocycles. The number of carbonyl (C=O) groups excluding carboxylic acids is 1. The lowest BCUT2D eigenvalue weighted by molar-refractivity contribution is -0.131. The lowest BCUT2D eigenvalue weighted by atomic mass is 9.99. The molecule has 0 spiro atoms. The standard InChI is InChI=1S/C20H19N3O4S/c21-28(25,26)18-7-6-14-8-9-23(13-16(14)10-18)20(24)12-17-11-19(27-22-17)15-4-2-1-3-5-15/h1-7,10-11H,8-9,12-13H2,(H2,21,25,26). The summed E-state index contributed by atoms with van der Waals surface area (Å²) in [6.07, 6.45) is 0.792. The highest BCUT2D eigenvalue weighted by molar-refractivity contribution is 7.89. The monoisotopic (exact) mass is 397 g/mol. The SMILES string of the molecule is NS(=O)(=O)c1ccc2c(c1)CN(C(=O)Cc1cc(-c3ccccc3)on1)CC2. The average molecular weight is 397 g/mol. The molecular weight excluding hydrogens is 378 g/mol. The third-order valence-corrected chi connectivity index (χ3v) is 5.73. The Morgan fingerprint density at radius 3 is 2.64 bits per heavy atom. The van der Waals surface area contributed by atoms with Gasteiger partial charge in [0.25, 0.3) is 0 Å². The van der Waals surface area contributed by atoms with Crippen molar-refractivity contribution in [3.05, 3.63) is 71.4 Å². The summed E-state index contributed by atoms with van der Waals surface area (Å²) in [5.74, 6) is 0.532. The fourth-order valence-electron chi connectivity index (χ4n) is 3.32. The van der Waals surface area contributed by atoms with Crippen LogP contribution in [-0.4, -0.2) is 30.9 Å². The Balaban J connectivity index is 1.47. The van der Waals surface area contributed by atoms with Crippen LogP contribution in [0.5, 0.6) is 0 Å². The van der Waals surface area contributed by atoms with Gasteiger partial charge in [0, 0.05) is 24.7 Å². The van der Waals surface area contributed by atoms with Crippen LogP contribution in [0.4, 0.5) is 0 Å². The number of amides is 1. The van der Waals surface area contributed by atoms with Gasteiger partial charge in [0.05, 0.1) is 17.0 Å². The van der Waals surface area contributed by atoms with Crippen LogP contribution in [0.2, 0.25) is 0 Å². The Morgan fingerprint density at radius 2 is 1.89 bits per heavy atom. The summed E-state index contributed by atoms with van der Waals surface area (Å²) in [6, 6.07) is 16.1. The van der Waals surface area contributed by atoms with Crippen molar-refractivity contribution in [3.8, 4) is 11.3 Å². The molecule has 0 atom stereocenters. The molecule has 2 N–H and O–H groups in total. The molecule has 0 saturated heterocycles. The van der Waals surface area contributed by atoms with E-state index in [1.807, 2.05) is 30.3 Å². The van der Waals surface area contributed by atoms with Gasteiger partial charge in [0.15, 0.2) is 5.76 Å². The second kappa shape index (κ2) is 7.21. The first kappa shape index (κ1) is 18.4. The number of nitrogens with two attached hydrogens (primary N) is 1. The summed E-state index contributed by atoms with van der Waals surface area (Å²) >= 11 is 0. The number of aromatic nitrogens is 1. The molecule has 8 heteroatoms. The Labute approximate surface area is 162 Å². The van der Waals surface area contributed by atoms with E-state index in [4.69, 9.17) is 9.66 Å². The lowest BCUT2D eigenvalue weighted by Crippen LogP contribution is -2.37. The van der Waals surface area contributed by atoms with Crippen molar-refractivity contribution in [1.82, 2.24) is 10.1 Å². The summed E-state index contributed by atoms with van der Waals surface area (Å²) in [4.78, 5) is 14.5. The largest absolute Gasteiger partial charge is 0.356 e. The molecule has 1 aliphatic rings. The van der Waals surface area contributed by atoms with Gasteiger partial charge in [-0.05, 0) is 29.7 Å². The van der Waals surface area contributed by atoms with Crippen LogP contribution in [0.1, 0.15) is 16.8 Å². The number of sulfonamides is 1. The maximum atomic E-state index is 12.7. The van der Waals surface area contributed by atoms with Crippen LogP contribution >= 0.6 is 0 Å². The fraction of sp³-hybridized carbons (Fsp3) is 0.200. The molecule has 144 valence electrons. The zero-order valence-corrected chi connectivity index (χ0v) is 15.9. The molecular formula is C20H19N3O4S. The summed E-state index contributed by atoms with van der Waals surface area (Å²) in [7, 11) is -3.77. The van der Waals surface area contributed by atoms with Gasteiger partial charge in [-0.1, -0.05) is 41.6 Å². The Bertz CT molecular complexity index is 1120. The van der Waals surface area contributed by atoms with E-state index in [-0.39, 0.29) is 17.2 Å². The molecule has 7 nitrogen and oxygen atoms in total. The van der Waals surface area contributed by atoms with E-state index in [0.29, 0.717) is 31.0 Å². The van der Waals surface area contributed by atoms with Gasteiger partial charge in [0.1, 0.15) is 0 Å². The molecule has 28 heavy (non-hydrogen) atoms. The number of benzene rings is 2.